The van der Waals surface area contributed by atoms with Crippen LogP contribution < -0.4 is 0 Å². The molecule has 308 valence electrons. The van der Waals surface area contributed by atoms with Gasteiger partial charge >= 0.3 is 18.0 Å². The topological polar surface area (TPSA) is 131 Å². The molecular formula is C45H70N2O8. The number of amides is 2. The van der Waals surface area contributed by atoms with Gasteiger partial charge < -0.3 is 24.4 Å². The molecule has 6 aliphatic rings. The average Bonchev–Trinajstić information content (AvgIpc) is 3.38. The highest BCUT2D eigenvalue weighted by Crippen LogP contribution is 2.76. The van der Waals surface area contributed by atoms with Crippen molar-refractivity contribution >= 4 is 29.7 Å². The SMILES string of the molecule is CC(C)C1C(=O)C[C@]2(C(=O)N3CCN(C(=O)OC(C)(C)C)CC3)CC[C@]3(C)C(=C12)CC[C@@H]1[C@@]2(C)CC[C@H](OC(=O)CC(C)(C)C(=O)O)C(C)(C)[C@@H]2CC[C@]13C. The number of Topliss-reactive ketones (excluding diaryl/α,β-unsaturated/α-hetero) is 1. The van der Waals surface area contributed by atoms with Gasteiger partial charge in [-0.05, 0) is 126 Å². The zero-order valence-electron chi connectivity index (χ0n) is 36.0. The molecule has 4 saturated carbocycles. The summed E-state index contributed by atoms with van der Waals surface area (Å²) in [6.45, 7) is 26.6. The molecule has 0 radical (unpaired) electrons. The van der Waals surface area contributed by atoms with E-state index in [0.717, 1.165) is 50.5 Å². The number of allylic oxidation sites excluding steroid dienone is 1. The molecule has 0 bridgehead atoms. The number of fused-ring (bicyclic) bond motifs is 6. The van der Waals surface area contributed by atoms with E-state index in [2.05, 4.69) is 48.5 Å². The lowest BCUT2D eigenvalue weighted by molar-refractivity contribution is -0.214. The van der Waals surface area contributed by atoms with Crippen LogP contribution in [0.5, 0.6) is 0 Å². The van der Waals surface area contributed by atoms with Gasteiger partial charge in [0.15, 0.2) is 0 Å². The second kappa shape index (κ2) is 13.6. The van der Waals surface area contributed by atoms with Gasteiger partial charge in [-0.2, -0.15) is 0 Å². The fourth-order valence-electron chi connectivity index (χ4n) is 13.3. The van der Waals surface area contributed by atoms with Gasteiger partial charge in [-0.1, -0.05) is 54.0 Å². The number of piperazine rings is 1. The molecule has 5 aliphatic carbocycles. The maximum Gasteiger partial charge on any atom is 0.410 e. The van der Waals surface area contributed by atoms with E-state index in [4.69, 9.17) is 9.47 Å². The number of carboxylic acids is 1. The minimum atomic E-state index is -1.18. The molecule has 1 aliphatic heterocycles. The smallest absolute Gasteiger partial charge is 0.410 e. The van der Waals surface area contributed by atoms with Crippen LogP contribution in [0.25, 0.3) is 0 Å². The zero-order chi connectivity index (χ0) is 40.9. The molecular weight excluding hydrogens is 697 g/mol. The van der Waals surface area contributed by atoms with Crippen molar-refractivity contribution < 1.29 is 38.6 Å². The third-order valence-electron chi connectivity index (χ3n) is 16.4. The summed E-state index contributed by atoms with van der Waals surface area (Å²) in [4.78, 5) is 70.5. The Bertz CT molecular complexity index is 1650. The number of esters is 1. The Morgan fingerprint density at radius 3 is 2.04 bits per heavy atom. The molecule has 0 aromatic heterocycles. The highest BCUT2D eigenvalue weighted by atomic mass is 16.6. The maximum absolute atomic E-state index is 15.0. The lowest BCUT2D eigenvalue weighted by Gasteiger charge is -2.70. The molecule has 1 heterocycles. The molecule has 1 N–H and O–H groups in total. The molecule has 1 unspecified atom stereocenters. The van der Waals surface area contributed by atoms with Gasteiger partial charge in [-0.3, -0.25) is 19.2 Å². The van der Waals surface area contributed by atoms with Crippen molar-refractivity contribution in [3.63, 3.8) is 0 Å². The lowest BCUT2D eigenvalue weighted by Crippen LogP contribution is -2.64. The maximum atomic E-state index is 15.0. The first kappa shape index (κ1) is 41.7. The molecule has 2 amide bonds. The van der Waals surface area contributed by atoms with Gasteiger partial charge in [0, 0.05) is 43.9 Å². The van der Waals surface area contributed by atoms with Crippen molar-refractivity contribution in [1.82, 2.24) is 9.80 Å². The molecule has 1 saturated heterocycles. The number of ketones is 1. The van der Waals surface area contributed by atoms with E-state index in [1.165, 1.54) is 5.57 Å². The first-order valence-electron chi connectivity index (χ1n) is 21.2. The zero-order valence-corrected chi connectivity index (χ0v) is 36.0. The van der Waals surface area contributed by atoms with E-state index >= 15 is 0 Å². The van der Waals surface area contributed by atoms with E-state index in [9.17, 15) is 29.1 Å². The number of aliphatic carboxylic acids is 1. The summed E-state index contributed by atoms with van der Waals surface area (Å²) < 4.78 is 11.8. The molecule has 6 rings (SSSR count). The van der Waals surface area contributed by atoms with E-state index in [-0.39, 0.29) is 70.2 Å². The van der Waals surface area contributed by atoms with Crippen LogP contribution in [-0.2, 0) is 28.7 Å². The highest BCUT2D eigenvalue weighted by molar-refractivity contribution is 6.00. The van der Waals surface area contributed by atoms with Gasteiger partial charge in [-0.25, -0.2) is 4.79 Å². The van der Waals surface area contributed by atoms with Crippen molar-refractivity contribution in [3.8, 4) is 0 Å². The summed E-state index contributed by atoms with van der Waals surface area (Å²) in [5.41, 5.74) is -0.526. The van der Waals surface area contributed by atoms with E-state index in [1.54, 1.807) is 18.7 Å². The van der Waals surface area contributed by atoms with Gasteiger partial charge in [-0.15, -0.1) is 0 Å². The minimum Gasteiger partial charge on any atom is -0.481 e. The summed E-state index contributed by atoms with van der Waals surface area (Å²) in [6, 6.07) is 0. The largest absolute Gasteiger partial charge is 0.481 e. The Morgan fingerprint density at radius 2 is 1.45 bits per heavy atom. The third kappa shape index (κ3) is 6.55. The molecule has 0 spiro atoms. The van der Waals surface area contributed by atoms with Crippen LogP contribution in [0.4, 0.5) is 4.79 Å². The van der Waals surface area contributed by atoms with Crippen LogP contribution in [-0.4, -0.2) is 82.5 Å². The number of hydrogen-bond acceptors (Lipinski definition) is 7. The second-order valence-electron chi connectivity index (χ2n) is 21.7. The number of nitrogens with zero attached hydrogens (tertiary/aromatic N) is 2. The van der Waals surface area contributed by atoms with Crippen LogP contribution in [0, 0.1) is 56.2 Å². The van der Waals surface area contributed by atoms with Crippen molar-refractivity contribution in [1.29, 1.82) is 0 Å². The molecule has 0 aromatic rings. The second-order valence-corrected chi connectivity index (χ2v) is 21.7. The summed E-state index contributed by atoms with van der Waals surface area (Å²) in [6.07, 6.45) is 6.63. The number of hydrogen-bond donors (Lipinski definition) is 1. The number of carbonyl (C=O) groups excluding carboxylic acids is 4. The Balaban J connectivity index is 1.29. The molecule has 10 nitrogen and oxygen atoms in total. The van der Waals surface area contributed by atoms with Gasteiger partial charge in [0.25, 0.3) is 0 Å². The summed E-state index contributed by atoms with van der Waals surface area (Å²) in [5.74, 6) is -0.585. The minimum absolute atomic E-state index is 0.0140. The molecule has 5 fully saturated rings. The highest BCUT2D eigenvalue weighted by Gasteiger charge is 2.70. The van der Waals surface area contributed by atoms with Crippen molar-refractivity contribution in [2.45, 2.75) is 159 Å². The van der Waals surface area contributed by atoms with Crippen molar-refractivity contribution in [3.05, 3.63) is 11.1 Å². The average molecular weight is 767 g/mol. The molecule has 0 aromatic carbocycles. The summed E-state index contributed by atoms with van der Waals surface area (Å²) in [7, 11) is 0. The Hall–Kier alpha value is -2.91. The van der Waals surface area contributed by atoms with E-state index < -0.39 is 28.4 Å². The number of rotatable bonds is 6. The number of carbonyl (C=O) groups is 5. The van der Waals surface area contributed by atoms with Gasteiger partial charge in [0.05, 0.1) is 17.3 Å². The molecule has 10 heteroatoms. The van der Waals surface area contributed by atoms with Crippen LogP contribution in [0.2, 0.25) is 0 Å². The lowest BCUT2D eigenvalue weighted by atomic mass is 9.34. The predicted octanol–water partition coefficient (Wildman–Crippen LogP) is 8.46. The Labute approximate surface area is 329 Å². The fourth-order valence-corrected chi connectivity index (χ4v) is 13.3. The van der Waals surface area contributed by atoms with E-state index in [0.29, 0.717) is 44.4 Å². The quantitative estimate of drug-likeness (QED) is 0.211. The van der Waals surface area contributed by atoms with Crippen LogP contribution in [0.3, 0.4) is 0 Å². The Morgan fingerprint density at radius 1 is 0.836 bits per heavy atom. The summed E-state index contributed by atoms with van der Waals surface area (Å²) >= 11 is 0. The van der Waals surface area contributed by atoms with Gasteiger partial charge in [0.2, 0.25) is 5.91 Å². The predicted molar refractivity (Wildman–Crippen MR) is 210 cm³/mol. The monoisotopic (exact) mass is 767 g/mol. The summed E-state index contributed by atoms with van der Waals surface area (Å²) in [5, 5.41) is 9.62. The fraction of sp³-hybridized carbons (Fsp3) is 0.844. The van der Waals surface area contributed by atoms with Crippen molar-refractivity contribution in [2.24, 2.45) is 56.2 Å². The molecule has 55 heavy (non-hydrogen) atoms. The normalized spacial score (nSPS) is 37.4. The number of carboxylic acid groups (broad SMARTS) is 1. The standard InChI is InChI=1S/C45H70N2O8/c1-27(2)34-29(48)25-45(36(50)46-21-23-47(24-22-46)38(53)55-39(3,4)5)20-19-43(11)28(35(34)45)13-14-31-42(10)17-16-32(54-33(49)26-40(6,7)37(51)52)41(8,9)30(42)15-18-44(31,43)12/h27,30-32,34H,13-26H2,1-12H3,(H,51,52)/t30-,31+,32-,34?,42-,43+,44+,45+/m0/s1. The van der Waals surface area contributed by atoms with Crippen LogP contribution in [0.1, 0.15) is 147 Å². The van der Waals surface area contributed by atoms with Gasteiger partial charge in [0.1, 0.15) is 17.5 Å². The number of ether oxygens (including phenoxy) is 2. The third-order valence-corrected chi connectivity index (χ3v) is 16.4. The Kier molecular flexibility index (Phi) is 10.3. The van der Waals surface area contributed by atoms with E-state index in [1.807, 2.05) is 25.7 Å². The first-order valence-corrected chi connectivity index (χ1v) is 21.2. The van der Waals surface area contributed by atoms with Crippen molar-refractivity contribution in [2.75, 3.05) is 26.2 Å². The first-order chi connectivity index (χ1) is 25.2. The molecule has 8 atom stereocenters. The van der Waals surface area contributed by atoms with Crippen LogP contribution >= 0.6 is 0 Å². The van der Waals surface area contributed by atoms with Crippen LogP contribution in [0.15, 0.2) is 11.1 Å².